The Labute approximate surface area is 167 Å². The zero-order chi connectivity index (χ0) is 20.9. The van der Waals surface area contributed by atoms with Gasteiger partial charge in [-0.25, -0.2) is 0 Å². The van der Waals surface area contributed by atoms with Crippen LogP contribution < -0.4 is 10.1 Å². The van der Waals surface area contributed by atoms with Crippen molar-refractivity contribution in [3.05, 3.63) is 101 Å². The molecule has 0 spiro atoms. The fourth-order valence-corrected chi connectivity index (χ4v) is 2.97. The summed E-state index contributed by atoms with van der Waals surface area (Å²) in [5.41, 5.74) is 2.03. The number of benzene rings is 3. The maximum absolute atomic E-state index is 12.8. The number of alkyl halides is 3. The lowest BCUT2D eigenvalue weighted by atomic mass is 9.97. The molecule has 1 unspecified atom stereocenters. The molecule has 29 heavy (non-hydrogen) atoms. The molecular weight excluding hydrogens is 379 g/mol. The van der Waals surface area contributed by atoms with Gasteiger partial charge in [0.1, 0.15) is 5.75 Å². The maximum Gasteiger partial charge on any atom is 0.416 e. The van der Waals surface area contributed by atoms with E-state index in [9.17, 15) is 18.0 Å². The van der Waals surface area contributed by atoms with E-state index in [2.05, 4.69) is 5.32 Å². The second-order valence-corrected chi connectivity index (χ2v) is 6.64. The van der Waals surface area contributed by atoms with Crippen LogP contribution in [0, 0.1) is 6.92 Å². The smallest absolute Gasteiger partial charge is 0.416 e. The highest BCUT2D eigenvalue weighted by atomic mass is 19.4. The fourth-order valence-electron chi connectivity index (χ4n) is 2.97. The molecule has 0 saturated carbocycles. The molecule has 0 aromatic heterocycles. The van der Waals surface area contributed by atoms with Crippen molar-refractivity contribution < 1.29 is 22.7 Å². The summed E-state index contributed by atoms with van der Waals surface area (Å²) < 4.78 is 43.7. The third kappa shape index (κ3) is 5.60. The predicted molar refractivity (Wildman–Crippen MR) is 105 cm³/mol. The van der Waals surface area contributed by atoms with Gasteiger partial charge in [-0.1, -0.05) is 66.2 Å². The largest absolute Gasteiger partial charge is 0.484 e. The van der Waals surface area contributed by atoms with Crippen LogP contribution in [0.5, 0.6) is 5.75 Å². The minimum Gasteiger partial charge on any atom is -0.484 e. The van der Waals surface area contributed by atoms with Crippen LogP contribution in [0.3, 0.4) is 0 Å². The average Bonchev–Trinajstić information content (AvgIpc) is 2.71. The van der Waals surface area contributed by atoms with Crippen molar-refractivity contribution in [3.8, 4) is 5.75 Å². The summed E-state index contributed by atoms with van der Waals surface area (Å²) in [5.74, 6) is -0.445. The quantitative estimate of drug-likeness (QED) is 0.611. The minimum absolute atomic E-state index is 0.0122. The molecule has 0 aliphatic carbocycles. The molecule has 0 aliphatic heterocycles. The van der Waals surface area contributed by atoms with Crippen molar-refractivity contribution in [2.75, 3.05) is 6.61 Å². The Hall–Kier alpha value is -3.28. The number of nitrogens with one attached hydrogen (secondary N) is 1. The van der Waals surface area contributed by atoms with E-state index in [1.807, 2.05) is 61.5 Å². The van der Waals surface area contributed by atoms with Gasteiger partial charge in [-0.15, -0.1) is 0 Å². The number of rotatable bonds is 6. The molecule has 1 N–H and O–H groups in total. The number of hydrogen-bond acceptors (Lipinski definition) is 2. The number of hydrogen-bond donors (Lipinski definition) is 1. The number of ether oxygens (including phenoxy) is 1. The number of aryl methyl sites for hydroxylation is 1. The Kier molecular flexibility index (Phi) is 6.22. The Bertz CT molecular complexity index is 971. The van der Waals surface area contributed by atoms with Gasteiger partial charge in [0, 0.05) is 0 Å². The number of amides is 1. The topological polar surface area (TPSA) is 38.3 Å². The zero-order valence-corrected chi connectivity index (χ0v) is 15.7. The molecule has 150 valence electrons. The molecule has 3 nitrogen and oxygen atoms in total. The second-order valence-electron chi connectivity index (χ2n) is 6.64. The van der Waals surface area contributed by atoms with Crippen LogP contribution >= 0.6 is 0 Å². The highest BCUT2D eigenvalue weighted by molar-refractivity contribution is 5.78. The van der Waals surface area contributed by atoms with Gasteiger partial charge in [0.25, 0.3) is 5.91 Å². The van der Waals surface area contributed by atoms with E-state index < -0.39 is 30.3 Å². The highest BCUT2D eigenvalue weighted by Gasteiger charge is 2.30. The van der Waals surface area contributed by atoms with E-state index in [1.165, 1.54) is 12.1 Å². The van der Waals surface area contributed by atoms with Crippen LogP contribution in [-0.4, -0.2) is 12.5 Å². The Morgan fingerprint density at radius 3 is 2.31 bits per heavy atom. The normalized spacial score (nSPS) is 12.3. The van der Waals surface area contributed by atoms with Gasteiger partial charge in [-0.3, -0.25) is 4.79 Å². The van der Waals surface area contributed by atoms with Gasteiger partial charge in [0.15, 0.2) is 6.61 Å². The summed E-state index contributed by atoms with van der Waals surface area (Å²) in [6.45, 7) is 1.57. The Balaban J connectivity index is 1.73. The molecule has 3 aromatic carbocycles. The summed E-state index contributed by atoms with van der Waals surface area (Å²) in [5, 5.41) is 2.91. The van der Waals surface area contributed by atoms with Crippen LogP contribution in [0.1, 0.15) is 28.3 Å². The van der Waals surface area contributed by atoms with Gasteiger partial charge < -0.3 is 10.1 Å². The third-order valence-electron chi connectivity index (χ3n) is 4.34. The van der Waals surface area contributed by atoms with E-state index in [1.54, 1.807) is 0 Å². The van der Waals surface area contributed by atoms with Crippen molar-refractivity contribution >= 4 is 5.91 Å². The molecule has 3 aromatic rings. The molecule has 3 rings (SSSR count). The van der Waals surface area contributed by atoms with E-state index in [0.717, 1.165) is 28.8 Å². The van der Waals surface area contributed by atoms with Gasteiger partial charge in [-0.2, -0.15) is 13.2 Å². The summed E-state index contributed by atoms with van der Waals surface area (Å²) in [7, 11) is 0. The van der Waals surface area contributed by atoms with E-state index >= 15 is 0 Å². The number of halogens is 3. The van der Waals surface area contributed by atoms with Crippen LogP contribution in [0.15, 0.2) is 78.9 Å². The molecule has 1 amide bonds. The SMILES string of the molecule is Cc1cccc(C(NC(=O)COc2cccc(C(F)(F)F)c2)c2ccccc2)c1. The summed E-state index contributed by atoms with van der Waals surface area (Å²) in [6.07, 6.45) is -4.47. The molecular formula is C23H20F3NO2. The molecule has 0 saturated heterocycles. The van der Waals surface area contributed by atoms with Crippen molar-refractivity contribution in [1.82, 2.24) is 5.32 Å². The molecule has 0 aliphatic rings. The molecule has 0 heterocycles. The van der Waals surface area contributed by atoms with E-state index in [0.29, 0.717) is 0 Å². The Morgan fingerprint density at radius 2 is 1.62 bits per heavy atom. The van der Waals surface area contributed by atoms with Gasteiger partial charge in [0.05, 0.1) is 11.6 Å². The third-order valence-corrected chi connectivity index (χ3v) is 4.34. The summed E-state index contributed by atoms with van der Waals surface area (Å²) >= 11 is 0. The van der Waals surface area contributed by atoms with Crippen LogP contribution in [-0.2, 0) is 11.0 Å². The average molecular weight is 399 g/mol. The lowest BCUT2D eigenvalue weighted by molar-refractivity contribution is -0.137. The summed E-state index contributed by atoms with van der Waals surface area (Å²) in [6, 6.07) is 21.3. The summed E-state index contributed by atoms with van der Waals surface area (Å²) in [4.78, 5) is 12.5. The van der Waals surface area contributed by atoms with Gasteiger partial charge >= 0.3 is 6.18 Å². The lowest BCUT2D eigenvalue weighted by Gasteiger charge is -2.20. The Morgan fingerprint density at radius 1 is 0.931 bits per heavy atom. The van der Waals surface area contributed by atoms with Crippen molar-refractivity contribution in [1.29, 1.82) is 0 Å². The molecule has 0 radical (unpaired) electrons. The van der Waals surface area contributed by atoms with E-state index in [-0.39, 0.29) is 5.75 Å². The predicted octanol–water partition coefficient (Wildman–Crippen LogP) is 5.30. The molecule has 6 heteroatoms. The van der Waals surface area contributed by atoms with Gasteiger partial charge in [-0.05, 0) is 36.2 Å². The lowest BCUT2D eigenvalue weighted by Crippen LogP contribution is -2.33. The number of carbonyl (C=O) groups is 1. The second kappa shape index (κ2) is 8.82. The van der Waals surface area contributed by atoms with Crippen LogP contribution in [0.4, 0.5) is 13.2 Å². The first-order chi connectivity index (χ1) is 13.8. The first-order valence-electron chi connectivity index (χ1n) is 9.04. The maximum atomic E-state index is 12.8. The number of carbonyl (C=O) groups excluding carboxylic acids is 1. The first kappa shape index (κ1) is 20.5. The van der Waals surface area contributed by atoms with Gasteiger partial charge in [0.2, 0.25) is 0 Å². The highest BCUT2D eigenvalue weighted by Crippen LogP contribution is 2.31. The fraction of sp³-hybridized carbons (Fsp3) is 0.174. The molecule has 1 atom stereocenters. The monoisotopic (exact) mass is 399 g/mol. The first-order valence-corrected chi connectivity index (χ1v) is 9.04. The van der Waals surface area contributed by atoms with Crippen molar-refractivity contribution in [2.45, 2.75) is 19.1 Å². The zero-order valence-electron chi connectivity index (χ0n) is 15.7. The van der Waals surface area contributed by atoms with Crippen molar-refractivity contribution in [2.24, 2.45) is 0 Å². The standard InChI is InChI=1S/C23H20F3NO2/c1-16-7-5-10-18(13-16)22(17-8-3-2-4-9-17)27-21(28)15-29-20-12-6-11-19(14-20)23(24,25)26/h2-14,22H,15H2,1H3,(H,27,28). The van der Waals surface area contributed by atoms with Crippen molar-refractivity contribution in [3.63, 3.8) is 0 Å². The van der Waals surface area contributed by atoms with Crippen LogP contribution in [0.2, 0.25) is 0 Å². The molecule has 0 fully saturated rings. The van der Waals surface area contributed by atoms with E-state index in [4.69, 9.17) is 4.74 Å². The minimum atomic E-state index is -4.47. The molecule has 0 bridgehead atoms. The van der Waals surface area contributed by atoms with Crippen LogP contribution in [0.25, 0.3) is 0 Å².